The van der Waals surface area contributed by atoms with Crippen molar-refractivity contribution < 1.29 is 19.1 Å². The SMILES string of the molecule is COCCNC(=O)C1CCCC(NC(=O)c2ccc(C#N)cc2)CN(C)C(=O)C1. The van der Waals surface area contributed by atoms with E-state index in [1.807, 2.05) is 6.07 Å². The molecule has 1 aliphatic heterocycles. The molecule has 1 saturated heterocycles. The molecular formula is C21H28N4O4. The number of hydrogen-bond acceptors (Lipinski definition) is 5. The lowest BCUT2D eigenvalue weighted by molar-refractivity contribution is -0.135. The van der Waals surface area contributed by atoms with Crippen LogP contribution in [-0.2, 0) is 14.3 Å². The van der Waals surface area contributed by atoms with E-state index < -0.39 is 0 Å². The molecule has 1 aliphatic rings. The molecule has 1 aromatic carbocycles. The van der Waals surface area contributed by atoms with Crippen molar-refractivity contribution in [2.45, 2.75) is 31.7 Å². The lowest BCUT2D eigenvalue weighted by atomic mass is 9.96. The summed E-state index contributed by atoms with van der Waals surface area (Å²) >= 11 is 0. The Morgan fingerprint density at radius 1 is 1.28 bits per heavy atom. The van der Waals surface area contributed by atoms with E-state index in [1.54, 1.807) is 43.3 Å². The van der Waals surface area contributed by atoms with Crippen LogP contribution in [0.4, 0.5) is 0 Å². The van der Waals surface area contributed by atoms with Gasteiger partial charge in [0.2, 0.25) is 11.8 Å². The molecule has 0 aromatic heterocycles. The second kappa shape index (κ2) is 11.2. The number of benzene rings is 1. The molecule has 29 heavy (non-hydrogen) atoms. The summed E-state index contributed by atoms with van der Waals surface area (Å²) in [6, 6.07) is 8.23. The van der Waals surface area contributed by atoms with Gasteiger partial charge < -0.3 is 20.3 Å². The maximum Gasteiger partial charge on any atom is 0.251 e. The van der Waals surface area contributed by atoms with E-state index in [4.69, 9.17) is 10.00 Å². The number of rotatable bonds is 6. The van der Waals surface area contributed by atoms with Crippen LogP contribution in [-0.4, -0.2) is 62.5 Å². The van der Waals surface area contributed by atoms with Crippen molar-refractivity contribution in [2.75, 3.05) is 33.9 Å². The third-order valence-electron chi connectivity index (χ3n) is 5.03. The van der Waals surface area contributed by atoms with Crippen LogP contribution in [0.2, 0.25) is 0 Å². The minimum Gasteiger partial charge on any atom is -0.383 e. The normalized spacial score (nSPS) is 20.0. The van der Waals surface area contributed by atoms with Gasteiger partial charge >= 0.3 is 0 Å². The van der Waals surface area contributed by atoms with Crippen LogP contribution in [0.5, 0.6) is 0 Å². The van der Waals surface area contributed by atoms with Crippen LogP contribution in [0.15, 0.2) is 24.3 Å². The minimum absolute atomic E-state index is 0.114. The molecule has 1 aromatic rings. The minimum atomic E-state index is -0.380. The molecule has 2 atom stereocenters. The van der Waals surface area contributed by atoms with Crippen molar-refractivity contribution in [1.82, 2.24) is 15.5 Å². The fourth-order valence-corrected chi connectivity index (χ4v) is 3.33. The van der Waals surface area contributed by atoms with Gasteiger partial charge in [0, 0.05) is 51.2 Å². The van der Waals surface area contributed by atoms with Crippen molar-refractivity contribution in [3.05, 3.63) is 35.4 Å². The number of hydrogen-bond donors (Lipinski definition) is 2. The summed E-state index contributed by atoms with van der Waals surface area (Å²) in [5, 5.41) is 14.6. The topological polar surface area (TPSA) is 112 Å². The van der Waals surface area contributed by atoms with Gasteiger partial charge in [-0.3, -0.25) is 14.4 Å². The van der Waals surface area contributed by atoms with Gasteiger partial charge in [0.15, 0.2) is 0 Å². The Balaban J connectivity index is 1.98. The first-order chi connectivity index (χ1) is 13.9. The Morgan fingerprint density at radius 3 is 2.66 bits per heavy atom. The molecule has 8 heteroatoms. The average molecular weight is 400 g/mol. The van der Waals surface area contributed by atoms with Crippen LogP contribution in [0, 0.1) is 17.2 Å². The molecule has 3 amide bonds. The second-order valence-electron chi connectivity index (χ2n) is 7.25. The Labute approximate surface area is 171 Å². The molecule has 156 valence electrons. The number of methoxy groups -OCH3 is 1. The highest BCUT2D eigenvalue weighted by Crippen LogP contribution is 2.19. The highest BCUT2D eigenvalue weighted by atomic mass is 16.5. The van der Waals surface area contributed by atoms with Crippen LogP contribution < -0.4 is 10.6 Å². The number of carbonyl (C=O) groups is 3. The number of nitriles is 1. The number of ether oxygens (including phenoxy) is 1. The Hall–Kier alpha value is -2.92. The predicted molar refractivity (Wildman–Crippen MR) is 107 cm³/mol. The second-order valence-corrected chi connectivity index (χ2v) is 7.25. The Kier molecular flexibility index (Phi) is 8.62. The number of carbonyl (C=O) groups excluding carboxylic acids is 3. The maximum absolute atomic E-state index is 12.5. The maximum atomic E-state index is 12.5. The first-order valence-electron chi connectivity index (χ1n) is 9.76. The molecule has 2 N–H and O–H groups in total. The van der Waals surface area contributed by atoms with Crippen LogP contribution in [0.25, 0.3) is 0 Å². The molecule has 0 spiro atoms. The molecule has 0 saturated carbocycles. The molecular weight excluding hydrogens is 372 g/mol. The first-order valence-corrected chi connectivity index (χ1v) is 9.76. The van der Waals surface area contributed by atoms with E-state index in [2.05, 4.69) is 10.6 Å². The summed E-state index contributed by atoms with van der Waals surface area (Å²) in [4.78, 5) is 39.0. The zero-order valence-electron chi connectivity index (χ0n) is 16.9. The van der Waals surface area contributed by atoms with Crippen LogP contribution in [0.1, 0.15) is 41.6 Å². The quantitative estimate of drug-likeness (QED) is 0.694. The van der Waals surface area contributed by atoms with Gasteiger partial charge in [0.25, 0.3) is 5.91 Å². The Morgan fingerprint density at radius 2 is 2.00 bits per heavy atom. The molecule has 0 bridgehead atoms. The summed E-state index contributed by atoms with van der Waals surface area (Å²) in [6.07, 6.45) is 2.14. The van der Waals surface area contributed by atoms with Crippen LogP contribution >= 0.6 is 0 Å². The van der Waals surface area contributed by atoms with E-state index >= 15 is 0 Å². The summed E-state index contributed by atoms with van der Waals surface area (Å²) in [5.41, 5.74) is 0.956. The number of nitrogens with one attached hydrogen (secondary N) is 2. The van der Waals surface area contributed by atoms with E-state index in [0.29, 0.717) is 43.7 Å². The lowest BCUT2D eigenvalue weighted by Crippen LogP contribution is -2.44. The van der Waals surface area contributed by atoms with Crippen molar-refractivity contribution in [1.29, 1.82) is 5.26 Å². The summed E-state index contributed by atoms with van der Waals surface area (Å²) in [5.74, 6) is -0.872. The van der Waals surface area contributed by atoms with Gasteiger partial charge in [-0.1, -0.05) is 6.42 Å². The summed E-state index contributed by atoms with van der Waals surface area (Å²) in [7, 11) is 3.26. The van der Waals surface area contributed by atoms with Gasteiger partial charge in [-0.15, -0.1) is 0 Å². The Bertz CT molecular complexity index is 757. The fourth-order valence-electron chi connectivity index (χ4n) is 3.33. The zero-order valence-corrected chi connectivity index (χ0v) is 16.9. The fraction of sp³-hybridized carbons (Fsp3) is 0.524. The molecule has 0 radical (unpaired) electrons. The van der Waals surface area contributed by atoms with Crippen molar-refractivity contribution in [2.24, 2.45) is 5.92 Å². The largest absolute Gasteiger partial charge is 0.383 e. The van der Waals surface area contributed by atoms with Crippen molar-refractivity contribution in [3.63, 3.8) is 0 Å². The van der Waals surface area contributed by atoms with E-state index in [1.165, 1.54) is 0 Å². The molecule has 1 fully saturated rings. The monoisotopic (exact) mass is 400 g/mol. The lowest BCUT2D eigenvalue weighted by Gasteiger charge is -2.24. The highest BCUT2D eigenvalue weighted by molar-refractivity contribution is 5.94. The third kappa shape index (κ3) is 6.88. The number of amides is 3. The van der Waals surface area contributed by atoms with Gasteiger partial charge in [0.05, 0.1) is 18.2 Å². The smallest absolute Gasteiger partial charge is 0.251 e. The predicted octanol–water partition coefficient (Wildman–Crippen LogP) is 1.07. The number of likely N-dealkylation sites (N-methyl/N-ethyl adjacent to an activating group) is 1. The standard InChI is InChI=1S/C21H28N4O4/c1-25-14-18(24-21(28)16-8-6-15(13-22)7-9-16)5-3-4-17(12-19(25)26)20(27)23-10-11-29-2/h6-9,17-18H,3-5,10-12,14H2,1-2H3,(H,23,27)(H,24,28). The van der Waals surface area contributed by atoms with Gasteiger partial charge in [0.1, 0.15) is 0 Å². The molecule has 0 aliphatic carbocycles. The van der Waals surface area contributed by atoms with Crippen LogP contribution in [0.3, 0.4) is 0 Å². The first kappa shape index (κ1) is 22.4. The van der Waals surface area contributed by atoms with Gasteiger partial charge in [-0.2, -0.15) is 5.26 Å². The van der Waals surface area contributed by atoms with Crippen molar-refractivity contribution in [3.8, 4) is 6.07 Å². The molecule has 2 rings (SSSR count). The zero-order chi connectivity index (χ0) is 21.2. The van der Waals surface area contributed by atoms with Gasteiger partial charge in [-0.05, 0) is 37.1 Å². The average Bonchev–Trinajstić information content (AvgIpc) is 2.78. The van der Waals surface area contributed by atoms with Gasteiger partial charge in [-0.25, -0.2) is 0 Å². The number of nitrogens with zero attached hydrogens (tertiary/aromatic N) is 2. The summed E-state index contributed by atoms with van der Waals surface area (Å²) in [6.45, 7) is 1.23. The summed E-state index contributed by atoms with van der Waals surface area (Å²) < 4.78 is 4.94. The molecule has 1 heterocycles. The highest BCUT2D eigenvalue weighted by Gasteiger charge is 2.27. The third-order valence-corrected chi connectivity index (χ3v) is 5.03. The van der Waals surface area contributed by atoms with E-state index in [-0.39, 0.29) is 36.1 Å². The molecule has 8 nitrogen and oxygen atoms in total. The van der Waals surface area contributed by atoms with E-state index in [0.717, 1.165) is 6.42 Å². The van der Waals surface area contributed by atoms with Crippen molar-refractivity contribution >= 4 is 17.7 Å². The van der Waals surface area contributed by atoms with E-state index in [9.17, 15) is 14.4 Å². The molecule has 2 unspecified atom stereocenters.